The molecule has 5 rings (SSSR count). The van der Waals surface area contributed by atoms with Crippen LogP contribution >= 0.6 is 0 Å². The summed E-state index contributed by atoms with van der Waals surface area (Å²) in [6, 6.07) is 11.3. The maximum Gasteiger partial charge on any atom is 0.410 e. The Hall–Kier alpha value is -4.91. The first-order valence-corrected chi connectivity index (χ1v) is 12.9. The van der Waals surface area contributed by atoms with Crippen LogP contribution in [0.4, 0.5) is 16.4 Å². The maximum atomic E-state index is 12.4. The second-order valence-corrected chi connectivity index (χ2v) is 10.3. The highest BCUT2D eigenvalue weighted by atomic mass is 16.6. The molecule has 1 aliphatic rings. The number of aldehydes is 1. The molecule has 1 aliphatic heterocycles. The number of amides is 1. The third-order valence-corrected chi connectivity index (χ3v) is 6.17. The molecule has 40 heavy (non-hydrogen) atoms. The zero-order chi connectivity index (χ0) is 28.1. The molecule has 0 atom stereocenters. The van der Waals surface area contributed by atoms with E-state index in [4.69, 9.17) is 13.9 Å². The van der Waals surface area contributed by atoms with Crippen LogP contribution in [0.2, 0.25) is 0 Å². The largest absolute Gasteiger partial charge is 0.489 e. The van der Waals surface area contributed by atoms with E-state index in [9.17, 15) is 9.59 Å². The topological polar surface area (TPSA) is 120 Å². The Bertz CT molecular complexity index is 1580. The molecule has 1 fully saturated rings. The van der Waals surface area contributed by atoms with Gasteiger partial charge in [0.15, 0.2) is 18.4 Å². The third-order valence-electron chi connectivity index (χ3n) is 6.17. The van der Waals surface area contributed by atoms with Crippen LogP contribution in [0, 0.1) is 11.8 Å². The van der Waals surface area contributed by atoms with E-state index in [0.29, 0.717) is 60.8 Å². The number of anilines is 2. The number of oxazole rings is 1. The van der Waals surface area contributed by atoms with Crippen molar-refractivity contribution < 1.29 is 23.5 Å². The molecule has 0 bridgehead atoms. The summed E-state index contributed by atoms with van der Waals surface area (Å²) in [6.45, 7) is 6.59. The Labute approximate surface area is 231 Å². The first-order valence-electron chi connectivity index (χ1n) is 12.9. The van der Waals surface area contributed by atoms with E-state index in [1.165, 1.54) is 6.39 Å². The Balaban J connectivity index is 1.34. The Morgan fingerprint density at radius 2 is 2.00 bits per heavy atom. The summed E-state index contributed by atoms with van der Waals surface area (Å²) >= 11 is 0. The fourth-order valence-corrected chi connectivity index (χ4v) is 4.32. The number of likely N-dealkylation sites (tertiary alicyclic amines) is 1. The van der Waals surface area contributed by atoms with Crippen molar-refractivity contribution in [3.8, 4) is 28.9 Å². The molecular weight excluding hydrogens is 510 g/mol. The molecule has 1 N–H and O–H groups in total. The second-order valence-electron chi connectivity index (χ2n) is 10.3. The summed E-state index contributed by atoms with van der Waals surface area (Å²) in [5.74, 6) is 6.91. The number of hydrogen-bond donors (Lipinski definition) is 1. The number of benzene rings is 2. The number of fused-ring (bicyclic) bond motifs is 1. The van der Waals surface area contributed by atoms with Crippen molar-refractivity contribution in [2.75, 3.05) is 18.4 Å². The van der Waals surface area contributed by atoms with Crippen molar-refractivity contribution in [3.63, 3.8) is 0 Å². The van der Waals surface area contributed by atoms with Crippen molar-refractivity contribution in [1.82, 2.24) is 19.9 Å². The van der Waals surface area contributed by atoms with Crippen LogP contribution in [0.15, 0.2) is 59.6 Å². The minimum atomic E-state index is -0.545. The highest BCUT2D eigenvalue weighted by molar-refractivity contribution is 5.84. The van der Waals surface area contributed by atoms with Gasteiger partial charge in [-0.1, -0.05) is 18.1 Å². The number of rotatable bonds is 5. The molecule has 204 valence electrons. The normalized spacial score (nSPS) is 13.8. The third kappa shape index (κ3) is 6.56. The lowest BCUT2D eigenvalue weighted by atomic mass is 10.1. The van der Waals surface area contributed by atoms with Crippen molar-refractivity contribution >= 4 is 34.9 Å². The molecule has 0 aliphatic carbocycles. The first kappa shape index (κ1) is 26.7. The van der Waals surface area contributed by atoms with E-state index in [1.807, 2.05) is 57.2 Å². The van der Waals surface area contributed by atoms with Gasteiger partial charge in [-0.3, -0.25) is 4.79 Å². The van der Waals surface area contributed by atoms with Crippen LogP contribution in [0.25, 0.3) is 22.2 Å². The van der Waals surface area contributed by atoms with Gasteiger partial charge in [-0.15, -0.1) is 0 Å². The van der Waals surface area contributed by atoms with Gasteiger partial charge in [0.2, 0.25) is 5.95 Å². The summed E-state index contributed by atoms with van der Waals surface area (Å²) < 4.78 is 17.2. The molecule has 0 saturated carbocycles. The fourth-order valence-electron chi connectivity index (χ4n) is 4.32. The van der Waals surface area contributed by atoms with Crippen LogP contribution in [-0.2, 0) is 9.53 Å². The number of carbonyl (C=O) groups is 2. The van der Waals surface area contributed by atoms with Crippen molar-refractivity contribution in [1.29, 1.82) is 0 Å². The van der Waals surface area contributed by atoms with Gasteiger partial charge in [0, 0.05) is 54.8 Å². The van der Waals surface area contributed by atoms with E-state index in [1.54, 1.807) is 17.3 Å². The van der Waals surface area contributed by atoms with Gasteiger partial charge in [-0.2, -0.15) is 0 Å². The monoisotopic (exact) mass is 539 g/mol. The summed E-state index contributed by atoms with van der Waals surface area (Å²) in [6.07, 6.45) is 6.10. The van der Waals surface area contributed by atoms with Crippen molar-refractivity contribution in [2.24, 2.45) is 0 Å². The molecule has 10 nitrogen and oxygen atoms in total. The highest BCUT2D eigenvalue weighted by Gasteiger charge is 2.28. The van der Waals surface area contributed by atoms with Gasteiger partial charge in [0.05, 0.1) is 17.3 Å². The minimum Gasteiger partial charge on any atom is -0.489 e. The fraction of sp³-hybridized carbons (Fsp3) is 0.300. The Morgan fingerprint density at radius 3 is 2.73 bits per heavy atom. The van der Waals surface area contributed by atoms with Crippen molar-refractivity contribution in [2.45, 2.75) is 45.3 Å². The van der Waals surface area contributed by atoms with Crippen LogP contribution in [0.3, 0.4) is 0 Å². The number of aromatic nitrogens is 3. The van der Waals surface area contributed by atoms with E-state index >= 15 is 0 Å². The molecule has 0 spiro atoms. The molecule has 4 aromatic rings. The highest BCUT2D eigenvalue weighted by Crippen LogP contribution is 2.29. The van der Waals surface area contributed by atoms with Crippen LogP contribution < -0.4 is 10.1 Å². The van der Waals surface area contributed by atoms with Gasteiger partial charge in [-0.05, 0) is 44.9 Å². The molecule has 0 radical (unpaired) electrons. The molecule has 2 aromatic carbocycles. The molecule has 1 amide bonds. The Kier molecular flexibility index (Phi) is 7.64. The average Bonchev–Trinajstić information content (AvgIpc) is 3.47. The zero-order valence-electron chi connectivity index (χ0n) is 22.5. The van der Waals surface area contributed by atoms with E-state index < -0.39 is 5.60 Å². The first-order chi connectivity index (χ1) is 19.3. The smallest absolute Gasteiger partial charge is 0.410 e. The molecular formula is C30H29N5O5. The summed E-state index contributed by atoms with van der Waals surface area (Å²) in [4.78, 5) is 38.2. The number of ether oxygens (including phenoxy) is 2. The number of nitrogens with one attached hydrogen (secondary N) is 1. The predicted octanol–water partition coefficient (Wildman–Crippen LogP) is 5.36. The predicted molar refractivity (Wildman–Crippen MR) is 149 cm³/mol. The lowest BCUT2D eigenvalue weighted by Crippen LogP contribution is -2.44. The number of piperidine rings is 1. The zero-order valence-corrected chi connectivity index (χ0v) is 22.5. The number of hydrogen-bond acceptors (Lipinski definition) is 9. The molecule has 2 aromatic heterocycles. The van der Waals surface area contributed by atoms with Crippen LogP contribution in [0.1, 0.15) is 39.2 Å². The molecule has 3 heterocycles. The minimum absolute atomic E-state index is 0.133. The van der Waals surface area contributed by atoms with Gasteiger partial charge in [0.1, 0.15) is 17.5 Å². The lowest BCUT2D eigenvalue weighted by Gasteiger charge is -2.33. The number of carbonyl (C=O) groups excluding carboxylic acids is 2. The SMILES string of the molecule is CC(C)(C)OC(=O)N1CCC(Oc2cc3nc(Nc4cccc(-c5cnco5)c4)ncc3cc2C#CC=O)CC1. The number of nitrogens with zero attached hydrogens (tertiary/aromatic N) is 4. The summed E-state index contributed by atoms with van der Waals surface area (Å²) in [5.41, 5.74) is 2.33. The van der Waals surface area contributed by atoms with Gasteiger partial charge < -0.3 is 24.1 Å². The standard InChI is InChI=1S/C30H29N5O5/c1-30(2,3)40-29(37)35-11-9-24(10-12-35)39-26-16-25-22(14-20(26)7-5-13-36)17-32-28(34-25)33-23-8-4-6-21(15-23)27-18-31-19-38-27/h4,6,8,13-19,24H,9-12H2,1-3H3,(H,32,33,34). The second kappa shape index (κ2) is 11.5. The van der Waals surface area contributed by atoms with Gasteiger partial charge >= 0.3 is 6.09 Å². The Morgan fingerprint density at radius 1 is 1.18 bits per heavy atom. The summed E-state index contributed by atoms with van der Waals surface area (Å²) in [5, 5.41) is 3.98. The van der Waals surface area contributed by atoms with Crippen LogP contribution in [-0.4, -0.2) is 57.0 Å². The summed E-state index contributed by atoms with van der Waals surface area (Å²) in [7, 11) is 0. The van der Waals surface area contributed by atoms with Gasteiger partial charge in [-0.25, -0.2) is 19.7 Å². The molecule has 0 unspecified atom stereocenters. The molecule has 1 saturated heterocycles. The average molecular weight is 540 g/mol. The van der Waals surface area contributed by atoms with Gasteiger partial charge in [0.25, 0.3) is 0 Å². The van der Waals surface area contributed by atoms with Crippen molar-refractivity contribution in [3.05, 3.63) is 60.7 Å². The van der Waals surface area contributed by atoms with E-state index in [-0.39, 0.29) is 12.2 Å². The van der Waals surface area contributed by atoms with Crippen LogP contribution in [0.5, 0.6) is 5.75 Å². The lowest BCUT2D eigenvalue weighted by molar-refractivity contribution is -0.103. The quantitative estimate of drug-likeness (QED) is 0.264. The molecule has 10 heteroatoms. The van der Waals surface area contributed by atoms with E-state index in [0.717, 1.165) is 16.6 Å². The maximum absolute atomic E-state index is 12.4. The van der Waals surface area contributed by atoms with E-state index in [2.05, 4.69) is 32.1 Å².